The molecule has 0 saturated heterocycles. The summed E-state index contributed by atoms with van der Waals surface area (Å²) in [7, 11) is 1.33. The van der Waals surface area contributed by atoms with Crippen LogP contribution in [0.2, 0.25) is 0 Å². The summed E-state index contributed by atoms with van der Waals surface area (Å²) in [6, 6.07) is 9.15. The number of carbonyl (C=O) groups is 1. The summed E-state index contributed by atoms with van der Waals surface area (Å²) in [5.74, 6) is -0.465. The summed E-state index contributed by atoms with van der Waals surface area (Å²) < 4.78 is 4.74. The molecule has 1 unspecified atom stereocenters. The van der Waals surface area contributed by atoms with Gasteiger partial charge in [-0.25, -0.2) is 4.79 Å². The molecule has 3 heteroatoms. The molecule has 0 aliphatic carbocycles. The Morgan fingerprint density at radius 2 is 2.00 bits per heavy atom. The quantitative estimate of drug-likeness (QED) is 0.465. The van der Waals surface area contributed by atoms with Crippen LogP contribution >= 0.6 is 0 Å². The summed E-state index contributed by atoms with van der Waals surface area (Å²) in [6.45, 7) is 2.13. The first-order valence-electron chi connectivity index (χ1n) is 6.72. The second kappa shape index (κ2) is 8.48. The van der Waals surface area contributed by atoms with Crippen LogP contribution < -0.4 is 0 Å². The number of aliphatic hydroxyl groups excluding tert-OH is 1. The van der Waals surface area contributed by atoms with Crippen molar-refractivity contribution in [3.8, 4) is 0 Å². The molecule has 0 fully saturated rings. The number of ether oxygens (including phenoxy) is 1. The van der Waals surface area contributed by atoms with Crippen molar-refractivity contribution in [2.24, 2.45) is 0 Å². The van der Waals surface area contributed by atoms with Gasteiger partial charge in [-0.1, -0.05) is 56.2 Å². The molecule has 0 amide bonds. The van der Waals surface area contributed by atoms with Crippen LogP contribution in [0, 0.1) is 0 Å². The fraction of sp³-hybridized carbons (Fsp3) is 0.438. The number of rotatable bonds is 7. The van der Waals surface area contributed by atoms with Gasteiger partial charge in [0.25, 0.3) is 0 Å². The molecule has 104 valence electrons. The second-order valence-electron chi connectivity index (χ2n) is 4.46. The SMILES string of the molecule is CCCCC/C=C(\C(=O)OC)C(O)c1ccccc1. The molecule has 1 aromatic carbocycles. The van der Waals surface area contributed by atoms with Crippen molar-refractivity contribution >= 4 is 5.97 Å². The Bertz CT molecular complexity index is 409. The van der Waals surface area contributed by atoms with Crippen LogP contribution in [0.5, 0.6) is 0 Å². The molecule has 1 rings (SSSR count). The van der Waals surface area contributed by atoms with Gasteiger partial charge in [0.1, 0.15) is 6.10 Å². The number of allylic oxidation sites excluding steroid dienone is 1. The van der Waals surface area contributed by atoms with Crippen LogP contribution in [0.25, 0.3) is 0 Å². The molecule has 0 saturated carbocycles. The van der Waals surface area contributed by atoms with Gasteiger partial charge in [-0.3, -0.25) is 0 Å². The molecule has 0 aliphatic rings. The van der Waals surface area contributed by atoms with E-state index in [-0.39, 0.29) is 0 Å². The van der Waals surface area contributed by atoms with E-state index in [4.69, 9.17) is 4.74 Å². The lowest BCUT2D eigenvalue weighted by Crippen LogP contribution is -2.13. The van der Waals surface area contributed by atoms with Gasteiger partial charge in [0, 0.05) is 0 Å². The predicted octanol–water partition coefficient (Wildman–Crippen LogP) is 3.40. The normalized spacial score (nSPS) is 13.1. The van der Waals surface area contributed by atoms with Gasteiger partial charge in [-0.2, -0.15) is 0 Å². The molecule has 19 heavy (non-hydrogen) atoms. The molecule has 0 aromatic heterocycles. The Kier molecular flexibility index (Phi) is 6.90. The molecule has 0 heterocycles. The van der Waals surface area contributed by atoms with Crippen LogP contribution in [-0.4, -0.2) is 18.2 Å². The highest BCUT2D eigenvalue weighted by molar-refractivity contribution is 5.89. The zero-order valence-corrected chi connectivity index (χ0v) is 11.6. The van der Waals surface area contributed by atoms with Gasteiger partial charge >= 0.3 is 5.97 Å². The molecular formula is C16H22O3. The Balaban J connectivity index is 2.82. The molecule has 3 nitrogen and oxygen atoms in total. The Hall–Kier alpha value is -1.61. The smallest absolute Gasteiger partial charge is 0.336 e. The van der Waals surface area contributed by atoms with E-state index < -0.39 is 12.1 Å². The number of unbranched alkanes of at least 4 members (excludes halogenated alkanes) is 3. The fourth-order valence-electron chi connectivity index (χ4n) is 1.89. The van der Waals surface area contributed by atoms with E-state index in [0.29, 0.717) is 11.1 Å². The van der Waals surface area contributed by atoms with Crippen LogP contribution in [0.15, 0.2) is 42.0 Å². The van der Waals surface area contributed by atoms with Crippen molar-refractivity contribution in [3.63, 3.8) is 0 Å². The topological polar surface area (TPSA) is 46.5 Å². The van der Waals surface area contributed by atoms with Crippen molar-refractivity contribution < 1.29 is 14.6 Å². The zero-order valence-electron chi connectivity index (χ0n) is 11.6. The fourth-order valence-corrected chi connectivity index (χ4v) is 1.89. The van der Waals surface area contributed by atoms with E-state index >= 15 is 0 Å². The van der Waals surface area contributed by atoms with E-state index in [1.54, 1.807) is 18.2 Å². The average molecular weight is 262 g/mol. The van der Waals surface area contributed by atoms with Crippen molar-refractivity contribution in [3.05, 3.63) is 47.5 Å². The third-order valence-electron chi connectivity index (χ3n) is 3.00. The first-order valence-corrected chi connectivity index (χ1v) is 6.72. The van der Waals surface area contributed by atoms with Crippen molar-refractivity contribution in [1.29, 1.82) is 0 Å². The number of benzene rings is 1. The lowest BCUT2D eigenvalue weighted by Gasteiger charge is -2.13. The summed E-state index contributed by atoms with van der Waals surface area (Å²) >= 11 is 0. The number of methoxy groups -OCH3 is 1. The number of carbonyl (C=O) groups excluding carboxylic acids is 1. The Morgan fingerprint density at radius 1 is 1.32 bits per heavy atom. The molecule has 0 aliphatic heterocycles. The summed E-state index contributed by atoms with van der Waals surface area (Å²) in [4.78, 5) is 11.7. The van der Waals surface area contributed by atoms with E-state index in [2.05, 4.69) is 6.92 Å². The number of hydrogen-bond donors (Lipinski definition) is 1. The highest BCUT2D eigenvalue weighted by Crippen LogP contribution is 2.23. The van der Waals surface area contributed by atoms with Gasteiger partial charge in [0.05, 0.1) is 12.7 Å². The highest BCUT2D eigenvalue weighted by atomic mass is 16.5. The third-order valence-corrected chi connectivity index (χ3v) is 3.00. The minimum atomic E-state index is -0.921. The average Bonchev–Trinajstić information content (AvgIpc) is 2.47. The van der Waals surface area contributed by atoms with E-state index in [9.17, 15) is 9.90 Å². The summed E-state index contributed by atoms with van der Waals surface area (Å²) in [6.07, 6.45) is 4.91. The number of aliphatic hydroxyl groups is 1. The lowest BCUT2D eigenvalue weighted by molar-refractivity contribution is -0.137. The minimum Gasteiger partial charge on any atom is -0.466 e. The first-order chi connectivity index (χ1) is 9.20. The Labute approximate surface area is 114 Å². The number of esters is 1. The van der Waals surface area contributed by atoms with Crippen LogP contribution in [0.1, 0.15) is 44.3 Å². The van der Waals surface area contributed by atoms with Crippen molar-refractivity contribution in [2.45, 2.75) is 38.7 Å². The van der Waals surface area contributed by atoms with Crippen molar-refractivity contribution in [1.82, 2.24) is 0 Å². The maximum atomic E-state index is 11.7. The Morgan fingerprint density at radius 3 is 2.58 bits per heavy atom. The minimum absolute atomic E-state index is 0.324. The molecular weight excluding hydrogens is 240 g/mol. The molecule has 0 radical (unpaired) electrons. The highest BCUT2D eigenvalue weighted by Gasteiger charge is 2.20. The number of hydrogen-bond acceptors (Lipinski definition) is 3. The van der Waals surface area contributed by atoms with Crippen LogP contribution in [0.4, 0.5) is 0 Å². The second-order valence-corrected chi connectivity index (χ2v) is 4.46. The van der Waals surface area contributed by atoms with Crippen molar-refractivity contribution in [2.75, 3.05) is 7.11 Å². The molecule has 1 atom stereocenters. The van der Waals surface area contributed by atoms with Crippen LogP contribution in [-0.2, 0) is 9.53 Å². The van der Waals surface area contributed by atoms with E-state index in [1.807, 2.05) is 18.2 Å². The van der Waals surface area contributed by atoms with Gasteiger partial charge < -0.3 is 9.84 Å². The molecule has 0 spiro atoms. The van der Waals surface area contributed by atoms with Crippen LogP contribution in [0.3, 0.4) is 0 Å². The molecule has 1 aromatic rings. The monoisotopic (exact) mass is 262 g/mol. The van der Waals surface area contributed by atoms with E-state index in [0.717, 1.165) is 25.7 Å². The maximum absolute atomic E-state index is 11.7. The zero-order chi connectivity index (χ0) is 14.1. The predicted molar refractivity (Wildman–Crippen MR) is 75.6 cm³/mol. The summed E-state index contributed by atoms with van der Waals surface area (Å²) in [5.41, 5.74) is 1.03. The largest absolute Gasteiger partial charge is 0.466 e. The van der Waals surface area contributed by atoms with E-state index in [1.165, 1.54) is 7.11 Å². The first kappa shape index (κ1) is 15.4. The van der Waals surface area contributed by atoms with Gasteiger partial charge in [-0.05, 0) is 18.4 Å². The molecule has 1 N–H and O–H groups in total. The van der Waals surface area contributed by atoms with Gasteiger partial charge in [-0.15, -0.1) is 0 Å². The molecule has 0 bridgehead atoms. The standard InChI is InChI=1S/C16H22O3/c1-3-4-5-9-12-14(16(18)19-2)15(17)13-10-7-6-8-11-13/h6-8,10-12,15,17H,3-5,9H2,1-2H3/b14-12-. The van der Waals surface area contributed by atoms with Gasteiger partial charge in [0.2, 0.25) is 0 Å². The maximum Gasteiger partial charge on any atom is 0.336 e. The third kappa shape index (κ3) is 4.87. The lowest BCUT2D eigenvalue weighted by atomic mass is 10.00. The summed E-state index contributed by atoms with van der Waals surface area (Å²) in [5, 5.41) is 10.3. The van der Waals surface area contributed by atoms with Gasteiger partial charge in [0.15, 0.2) is 0 Å².